The van der Waals surface area contributed by atoms with Crippen LogP contribution in [0.4, 0.5) is 8.78 Å². The van der Waals surface area contributed by atoms with E-state index in [4.69, 9.17) is 5.73 Å². The molecule has 27 heavy (non-hydrogen) atoms. The van der Waals surface area contributed by atoms with Crippen molar-refractivity contribution in [2.45, 2.75) is 19.4 Å². The molecule has 0 unspecified atom stereocenters. The summed E-state index contributed by atoms with van der Waals surface area (Å²) in [5.74, 6) is -1.33. The molecule has 2 heterocycles. The van der Waals surface area contributed by atoms with Crippen molar-refractivity contribution >= 4 is 17.2 Å². The van der Waals surface area contributed by atoms with Gasteiger partial charge in [0.1, 0.15) is 11.6 Å². The zero-order valence-corrected chi connectivity index (χ0v) is 15.8. The molecule has 3 N–H and O–H groups in total. The van der Waals surface area contributed by atoms with E-state index >= 15 is 0 Å². The molecule has 0 aliphatic heterocycles. The Labute approximate surface area is 159 Å². The number of nitrogens with two attached hydrogens (primary N) is 1. The molecule has 1 amide bonds. The van der Waals surface area contributed by atoms with Gasteiger partial charge >= 0.3 is 0 Å². The zero-order chi connectivity index (χ0) is 19.6. The summed E-state index contributed by atoms with van der Waals surface area (Å²) in [4.78, 5) is 14.1. The number of rotatable bonds is 6. The molecule has 8 heteroatoms. The summed E-state index contributed by atoms with van der Waals surface area (Å²) in [7, 11) is 1.84. The van der Waals surface area contributed by atoms with Crippen LogP contribution in [0.25, 0.3) is 11.3 Å². The number of nitrogens with zero attached hydrogens (tertiary/aromatic N) is 2. The molecule has 0 aliphatic carbocycles. The fourth-order valence-electron chi connectivity index (χ4n) is 2.90. The first-order chi connectivity index (χ1) is 12.9. The minimum absolute atomic E-state index is 0.112. The molecule has 0 fully saturated rings. The molecule has 0 spiro atoms. The predicted octanol–water partition coefficient (Wildman–Crippen LogP) is 3.04. The van der Waals surface area contributed by atoms with Gasteiger partial charge in [-0.3, -0.25) is 9.48 Å². The van der Waals surface area contributed by atoms with Gasteiger partial charge in [-0.05, 0) is 49.2 Å². The Morgan fingerprint density at radius 1 is 1.33 bits per heavy atom. The molecule has 0 bridgehead atoms. The fourth-order valence-corrected chi connectivity index (χ4v) is 3.83. The molecule has 2 aromatic heterocycles. The fraction of sp³-hybridized carbons (Fsp3) is 0.263. The van der Waals surface area contributed by atoms with E-state index < -0.39 is 17.7 Å². The molecule has 142 valence electrons. The van der Waals surface area contributed by atoms with Gasteiger partial charge in [0.15, 0.2) is 0 Å². The number of thiophene rings is 1. The molecule has 3 aromatic rings. The van der Waals surface area contributed by atoms with Gasteiger partial charge in [-0.1, -0.05) is 0 Å². The van der Waals surface area contributed by atoms with Crippen LogP contribution in [0.3, 0.4) is 0 Å². The zero-order valence-electron chi connectivity index (χ0n) is 15.0. The summed E-state index contributed by atoms with van der Waals surface area (Å²) in [5, 5.41) is 6.96. The van der Waals surface area contributed by atoms with E-state index in [9.17, 15) is 13.6 Å². The van der Waals surface area contributed by atoms with E-state index in [2.05, 4.69) is 10.4 Å². The Bertz CT molecular complexity index is 967. The van der Waals surface area contributed by atoms with Crippen molar-refractivity contribution in [1.29, 1.82) is 0 Å². The largest absolute Gasteiger partial charge is 0.347 e. The molecule has 1 atom stereocenters. The maximum absolute atomic E-state index is 13.9. The highest BCUT2D eigenvalue weighted by molar-refractivity contribution is 7.14. The SMILES string of the molecule is Cc1sc(C(=O)N[C@H](CN)Cc2cc(F)ccc2F)cc1-c1ccnn1C. The van der Waals surface area contributed by atoms with Crippen molar-refractivity contribution in [2.75, 3.05) is 6.54 Å². The van der Waals surface area contributed by atoms with Crippen molar-refractivity contribution in [3.8, 4) is 11.3 Å². The van der Waals surface area contributed by atoms with Crippen molar-refractivity contribution in [2.24, 2.45) is 12.8 Å². The summed E-state index contributed by atoms with van der Waals surface area (Å²) in [6, 6.07) is 6.44. The lowest BCUT2D eigenvalue weighted by molar-refractivity contribution is 0.0942. The topological polar surface area (TPSA) is 72.9 Å². The van der Waals surface area contributed by atoms with Gasteiger partial charge in [-0.25, -0.2) is 8.78 Å². The Balaban J connectivity index is 1.76. The number of carbonyl (C=O) groups excluding carboxylic acids is 1. The molecule has 1 aromatic carbocycles. The number of amides is 1. The molecule has 0 aliphatic rings. The van der Waals surface area contributed by atoms with Gasteiger partial charge in [0.05, 0.1) is 10.6 Å². The summed E-state index contributed by atoms with van der Waals surface area (Å²) >= 11 is 1.37. The quantitative estimate of drug-likeness (QED) is 0.680. The second-order valence-corrected chi connectivity index (χ2v) is 7.52. The van der Waals surface area contributed by atoms with Gasteiger partial charge in [0.2, 0.25) is 0 Å². The van der Waals surface area contributed by atoms with Crippen molar-refractivity contribution < 1.29 is 13.6 Å². The monoisotopic (exact) mass is 390 g/mol. The normalized spacial score (nSPS) is 12.2. The van der Waals surface area contributed by atoms with E-state index in [-0.39, 0.29) is 24.4 Å². The molecule has 3 rings (SSSR count). The third-order valence-corrected chi connectivity index (χ3v) is 5.38. The van der Waals surface area contributed by atoms with E-state index in [1.54, 1.807) is 10.9 Å². The van der Waals surface area contributed by atoms with Crippen LogP contribution in [-0.4, -0.2) is 28.3 Å². The average molecular weight is 390 g/mol. The number of halogens is 2. The second kappa shape index (κ2) is 7.98. The number of aryl methyl sites for hydroxylation is 2. The van der Waals surface area contributed by atoms with E-state index in [0.29, 0.717) is 4.88 Å². The van der Waals surface area contributed by atoms with Crippen LogP contribution in [0.15, 0.2) is 36.5 Å². The van der Waals surface area contributed by atoms with Gasteiger partial charge in [0.25, 0.3) is 5.91 Å². The number of benzene rings is 1. The minimum Gasteiger partial charge on any atom is -0.347 e. The molecular weight excluding hydrogens is 370 g/mol. The highest BCUT2D eigenvalue weighted by Crippen LogP contribution is 2.30. The van der Waals surface area contributed by atoms with Gasteiger partial charge in [0, 0.05) is 36.3 Å². The van der Waals surface area contributed by atoms with Crippen LogP contribution >= 0.6 is 11.3 Å². The number of aromatic nitrogens is 2. The molecule has 5 nitrogen and oxygen atoms in total. The average Bonchev–Trinajstić information content (AvgIpc) is 3.22. The smallest absolute Gasteiger partial charge is 0.261 e. The number of nitrogens with one attached hydrogen (secondary N) is 1. The first-order valence-electron chi connectivity index (χ1n) is 8.42. The van der Waals surface area contributed by atoms with Gasteiger partial charge in [-0.2, -0.15) is 5.10 Å². The summed E-state index contributed by atoms with van der Waals surface area (Å²) in [5.41, 5.74) is 7.76. The van der Waals surface area contributed by atoms with Crippen LogP contribution in [0.1, 0.15) is 20.1 Å². The van der Waals surface area contributed by atoms with E-state index in [1.807, 2.05) is 26.1 Å². The van der Waals surface area contributed by atoms with Crippen molar-refractivity contribution in [3.63, 3.8) is 0 Å². The molecule has 0 saturated heterocycles. The van der Waals surface area contributed by atoms with Crippen LogP contribution in [0.2, 0.25) is 0 Å². The Morgan fingerprint density at radius 3 is 2.78 bits per heavy atom. The highest BCUT2D eigenvalue weighted by atomic mass is 32.1. The lowest BCUT2D eigenvalue weighted by atomic mass is 10.0. The van der Waals surface area contributed by atoms with Gasteiger partial charge < -0.3 is 11.1 Å². The lowest BCUT2D eigenvalue weighted by Crippen LogP contribution is -2.41. The van der Waals surface area contributed by atoms with Crippen LogP contribution in [-0.2, 0) is 13.5 Å². The summed E-state index contributed by atoms with van der Waals surface area (Å²) in [6.07, 6.45) is 1.81. The van der Waals surface area contributed by atoms with Crippen LogP contribution in [0.5, 0.6) is 0 Å². The van der Waals surface area contributed by atoms with Crippen molar-refractivity contribution in [3.05, 3.63) is 63.5 Å². The Hall–Kier alpha value is -2.58. The highest BCUT2D eigenvalue weighted by Gasteiger charge is 2.19. The first-order valence-corrected chi connectivity index (χ1v) is 9.24. The van der Waals surface area contributed by atoms with Crippen LogP contribution in [0, 0.1) is 18.6 Å². The lowest BCUT2D eigenvalue weighted by Gasteiger charge is -2.17. The summed E-state index contributed by atoms with van der Waals surface area (Å²) in [6.45, 7) is 2.05. The standard InChI is InChI=1S/C19H20F2N4OS/c1-11-15(17-5-6-23-25(17)2)9-18(27-11)19(26)24-14(10-22)8-12-7-13(20)3-4-16(12)21/h3-7,9,14H,8,10,22H2,1-2H3,(H,24,26)/t14-/m0/s1. The maximum atomic E-state index is 13.9. The predicted molar refractivity (Wildman–Crippen MR) is 102 cm³/mol. The molecule has 0 saturated carbocycles. The third kappa shape index (κ3) is 4.23. The van der Waals surface area contributed by atoms with Crippen LogP contribution < -0.4 is 11.1 Å². The van der Waals surface area contributed by atoms with E-state index in [0.717, 1.165) is 34.3 Å². The third-order valence-electron chi connectivity index (χ3n) is 4.33. The number of hydrogen-bond donors (Lipinski definition) is 2. The van der Waals surface area contributed by atoms with Crippen molar-refractivity contribution in [1.82, 2.24) is 15.1 Å². The minimum atomic E-state index is -0.525. The first kappa shape index (κ1) is 19.2. The molecule has 0 radical (unpaired) electrons. The second-order valence-electron chi connectivity index (χ2n) is 6.27. The maximum Gasteiger partial charge on any atom is 0.261 e. The van der Waals surface area contributed by atoms with Gasteiger partial charge in [-0.15, -0.1) is 11.3 Å². The number of carbonyl (C=O) groups is 1. The Morgan fingerprint density at radius 2 is 2.11 bits per heavy atom. The number of hydrogen-bond acceptors (Lipinski definition) is 4. The Kier molecular flexibility index (Phi) is 5.67. The summed E-state index contributed by atoms with van der Waals surface area (Å²) < 4.78 is 28.9. The van der Waals surface area contributed by atoms with E-state index in [1.165, 1.54) is 11.3 Å². The molecular formula is C19H20F2N4OS.